The van der Waals surface area contributed by atoms with Crippen molar-refractivity contribution in [1.29, 1.82) is 0 Å². The van der Waals surface area contributed by atoms with Gasteiger partial charge in [0, 0.05) is 24.4 Å². The van der Waals surface area contributed by atoms with E-state index < -0.39 is 4.92 Å². The second-order valence-electron chi connectivity index (χ2n) is 6.82. The maximum absolute atomic E-state index is 13.1. The second-order valence-corrected chi connectivity index (χ2v) is 7.76. The van der Waals surface area contributed by atoms with Crippen LogP contribution in [0.15, 0.2) is 88.8 Å². The highest BCUT2D eigenvalue weighted by molar-refractivity contribution is 7.98. The van der Waals surface area contributed by atoms with Crippen LogP contribution in [0.5, 0.6) is 0 Å². The summed E-state index contributed by atoms with van der Waals surface area (Å²) in [5.74, 6) is 0.484. The van der Waals surface area contributed by atoms with E-state index >= 15 is 0 Å². The first-order valence-corrected chi connectivity index (χ1v) is 10.5. The van der Waals surface area contributed by atoms with E-state index in [1.54, 1.807) is 22.8 Å². The van der Waals surface area contributed by atoms with Crippen molar-refractivity contribution in [3.05, 3.63) is 110 Å². The van der Waals surface area contributed by atoms with E-state index in [-0.39, 0.29) is 11.2 Å². The minimum absolute atomic E-state index is 0.0565. The number of aryl methyl sites for hydroxylation is 1. The Labute approximate surface area is 177 Å². The number of rotatable bonds is 7. The number of thioether (sulfide) groups is 1. The number of hydrogen-bond acceptors (Lipinski definition) is 5. The van der Waals surface area contributed by atoms with Crippen LogP contribution >= 0.6 is 11.8 Å². The van der Waals surface area contributed by atoms with Gasteiger partial charge in [0.2, 0.25) is 0 Å². The first-order valence-electron chi connectivity index (χ1n) is 9.51. The van der Waals surface area contributed by atoms with Gasteiger partial charge in [0.25, 0.3) is 11.2 Å². The molecule has 0 radical (unpaired) electrons. The maximum atomic E-state index is 13.1. The normalized spacial score (nSPS) is 10.9. The van der Waals surface area contributed by atoms with Gasteiger partial charge in [-0.15, -0.1) is 0 Å². The summed E-state index contributed by atoms with van der Waals surface area (Å²) in [5.41, 5.74) is 2.59. The molecule has 3 aromatic carbocycles. The van der Waals surface area contributed by atoms with E-state index in [1.807, 2.05) is 54.6 Å². The van der Waals surface area contributed by atoms with Crippen LogP contribution in [-0.2, 0) is 18.7 Å². The molecular formula is C23H19N3O3S. The zero-order chi connectivity index (χ0) is 20.9. The van der Waals surface area contributed by atoms with Gasteiger partial charge in [0.05, 0.1) is 15.8 Å². The highest BCUT2D eigenvalue weighted by Gasteiger charge is 2.13. The number of benzene rings is 3. The first-order chi connectivity index (χ1) is 14.6. The van der Waals surface area contributed by atoms with Gasteiger partial charge < -0.3 is 0 Å². The lowest BCUT2D eigenvalue weighted by Crippen LogP contribution is -2.24. The molecule has 7 heteroatoms. The van der Waals surface area contributed by atoms with Crippen molar-refractivity contribution in [3.8, 4) is 0 Å². The summed E-state index contributed by atoms with van der Waals surface area (Å²) in [5, 5.41) is 12.2. The van der Waals surface area contributed by atoms with Gasteiger partial charge in [-0.3, -0.25) is 19.5 Å². The van der Waals surface area contributed by atoms with Gasteiger partial charge in [0.1, 0.15) is 0 Å². The molecular weight excluding hydrogens is 398 g/mol. The number of nitrogens with zero attached hydrogens (tertiary/aromatic N) is 3. The van der Waals surface area contributed by atoms with Crippen LogP contribution in [0, 0.1) is 10.1 Å². The molecule has 0 aliphatic heterocycles. The molecule has 0 N–H and O–H groups in total. The van der Waals surface area contributed by atoms with Gasteiger partial charge in [0.15, 0.2) is 5.16 Å². The topological polar surface area (TPSA) is 78.0 Å². The number of nitro benzene ring substituents is 1. The van der Waals surface area contributed by atoms with E-state index in [4.69, 9.17) is 4.98 Å². The Balaban J connectivity index is 1.65. The van der Waals surface area contributed by atoms with Crippen molar-refractivity contribution in [3.63, 3.8) is 0 Å². The third kappa shape index (κ3) is 4.41. The van der Waals surface area contributed by atoms with Crippen molar-refractivity contribution in [1.82, 2.24) is 9.55 Å². The predicted octanol–water partition coefficient (Wildman–Crippen LogP) is 4.84. The lowest BCUT2D eigenvalue weighted by molar-refractivity contribution is -0.384. The standard InChI is InChI=1S/C23H19N3O3S/c27-22-20-11-4-5-12-21(20)24-23(25(22)14-13-17-7-2-1-3-8-17)30-16-18-9-6-10-19(15-18)26(28)29/h1-12,15H,13-14,16H2. The number of para-hydroxylation sites is 1. The van der Waals surface area contributed by atoms with Crippen molar-refractivity contribution in [2.75, 3.05) is 0 Å². The molecule has 6 nitrogen and oxygen atoms in total. The summed E-state index contributed by atoms with van der Waals surface area (Å²) >= 11 is 1.41. The molecule has 4 rings (SSSR count). The Kier molecular flexibility index (Phi) is 5.90. The molecule has 0 fully saturated rings. The highest BCUT2D eigenvalue weighted by Crippen LogP contribution is 2.24. The third-order valence-electron chi connectivity index (χ3n) is 4.78. The minimum Gasteiger partial charge on any atom is -0.287 e. The predicted molar refractivity (Wildman–Crippen MR) is 119 cm³/mol. The molecule has 150 valence electrons. The maximum Gasteiger partial charge on any atom is 0.269 e. The molecule has 0 spiro atoms. The van der Waals surface area contributed by atoms with Crippen molar-refractivity contribution in [2.45, 2.75) is 23.9 Å². The molecule has 0 unspecified atom stereocenters. The van der Waals surface area contributed by atoms with Crippen LogP contribution in [0.1, 0.15) is 11.1 Å². The van der Waals surface area contributed by atoms with Crippen LogP contribution in [0.25, 0.3) is 10.9 Å². The van der Waals surface area contributed by atoms with E-state index in [0.717, 1.165) is 11.1 Å². The summed E-state index contributed by atoms with van der Waals surface area (Å²) in [6.07, 6.45) is 0.713. The molecule has 1 heterocycles. The zero-order valence-electron chi connectivity index (χ0n) is 16.1. The van der Waals surface area contributed by atoms with Crippen LogP contribution in [-0.4, -0.2) is 14.5 Å². The highest BCUT2D eigenvalue weighted by atomic mass is 32.2. The number of hydrogen-bond donors (Lipinski definition) is 0. The fraction of sp³-hybridized carbons (Fsp3) is 0.130. The molecule has 0 aliphatic rings. The number of non-ortho nitro benzene ring substituents is 1. The number of nitro groups is 1. The van der Waals surface area contributed by atoms with E-state index in [9.17, 15) is 14.9 Å². The van der Waals surface area contributed by atoms with Crippen LogP contribution in [0.3, 0.4) is 0 Å². The smallest absolute Gasteiger partial charge is 0.269 e. The van der Waals surface area contributed by atoms with Gasteiger partial charge in [-0.25, -0.2) is 4.98 Å². The van der Waals surface area contributed by atoms with Crippen molar-refractivity contribution >= 4 is 28.4 Å². The molecule has 0 atom stereocenters. The fourth-order valence-electron chi connectivity index (χ4n) is 3.25. The monoisotopic (exact) mass is 417 g/mol. The van der Waals surface area contributed by atoms with Crippen molar-refractivity contribution < 1.29 is 4.92 Å². The molecule has 4 aromatic rings. The molecule has 0 saturated heterocycles. The minimum atomic E-state index is -0.405. The Bertz CT molecular complexity index is 1260. The Morgan fingerprint density at radius 1 is 0.933 bits per heavy atom. The van der Waals surface area contributed by atoms with Gasteiger partial charge in [-0.1, -0.05) is 66.4 Å². The average Bonchev–Trinajstić information content (AvgIpc) is 2.78. The summed E-state index contributed by atoms with van der Waals surface area (Å²) in [6.45, 7) is 0.512. The summed E-state index contributed by atoms with van der Waals surface area (Å²) in [6, 6.07) is 23.9. The van der Waals surface area contributed by atoms with Gasteiger partial charge in [-0.2, -0.15) is 0 Å². The van der Waals surface area contributed by atoms with Crippen LogP contribution in [0.2, 0.25) is 0 Å². The first kappa shape index (κ1) is 19.8. The lowest BCUT2D eigenvalue weighted by Gasteiger charge is -2.13. The summed E-state index contributed by atoms with van der Waals surface area (Å²) in [4.78, 5) is 28.5. The molecule has 0 amide bonds. The largest absolute Gasteiger partial charge is 0.287 e. The van der Waals surface area contributed by atoms with Gasteiger partial charge >= 0.3 is 0 Å². The Morgan fingerprint density at radius 2 is 1.67 bits per heavy atom. The molecule has 0 saturated carbocycles. The molecule has 1 aromatic heterocycles. The quantitative estimate of drug-likeness (QED) is 0.186. The van der Waals surface area contributed by atoms with Gasteiger partial charge in [-0.05, 0) is 29.7 Å². The van der Waals surface area contributed by atoms with E-state index in [1.165, 1.54) is 17.8 Å². The van der Waals surface area contributed by atoms with Crippen LogP contribution in [0.4, 0.5) is 5.69 Å². The zero-order valence-corrected chi connectivity index (χ0v) is 16.9. The summed E-state index contributed by atoms with van der Waals surface area (Å²) < 4.78 is 1.71. The second kappa shape index (κ2) is 8.92. The lowest BCUT2D eigenvalue weighted by atomic mass is 10.1. The third-order valence-corrected chi connectivity index (χ3v) is 5.83. The van der Waals surface area contributed by atoms with Crippen molar-refractivity contribution in [2.24, 2.45) is 0 Å². The van der Waals surface area contributed by atoms with E-state index in [2.05, 4.69) is 0 Å². The number of aromatic nitrogens is 2. The Hall–Kier alpha value is -3.45. The molecule has 0 bridgehead atoms. The fourth-order valence-corrected chi connectivity index (χ4v) is 4.22. The molecule has 30 heavy (non-hydrogen) atoms. The Morgan fingerprint density at radius 3 is 2.47 bits per heavy atom. The summed E-state index contributed by atoms with van der Waals surface area (Å²) in [7, 11) is 0. The average molecular weight is 417 g/mol. The van der Waals surface area contributed by atoms with Crippen LogP contribution < -0.4 is 5.56 Å². The number of fused-ring (bicyclic) bond motifs is 1. The van der Waals surface area contributed by atoms with E-state index in [0.29, 0.717) is 34.8 Å². The molecule has 0 aliphatic carbocycles. The SMILES string of the molecule is O=c1c2ccccc2nc(SCc2cccc([N+](=O)[O-])c2)n1CCc1ccccc1.